The van der Waals surface area contributed by atoms with Crippen LogP contribution in [0.2, 0.25) is 0 Å². The van der Waals surface area contributed by atoms with Crippen molar-refractivity contribution >= 4 is 15.7 Å². The Morgan fingerprint density at radius 1 is 1.21 bits per heavy atom. The Labute approximate surface area is 162 Å². The summed E-state index contributed by atoms with van der Waals surface area (Å²) in [5.74, 6) is -0.125. The normalized spacial score (nSPS) is 22.5. The zero-order valence-electron chi connectivity index (χ0n) is 15.2. The summed E-state index contributed by atoms with van der Waals surface area (Å²) in [4.78, 5) is 11.8. The first-order valence-electron chi connectivity index (χ1n) is 8.61. The molecule has 2 atom stereocenters. The van der Waals surface area contributed by atoms with Gasteiger partial charge in [-0.25, -0.2) is 13.9 Å². The number of ether oxygens (including phenoxy) is 2. The van der Waals surface area contributed by atoms with Gasteiger partial charge in [-0.05, 0) is 49.2 Å². The number of benzene rings is 2. The van der Waals surface area contributed by atoms with Gasteiger partial charge in [-0.1, -0.05) is 18.2 Å². The highest BCUT2D eigenvalue weighted by atomic mass is 32.2. The van der Waals surface area contributed by atoms with Crippen molar-refractivity contribution < 1.29 is 33.0 Å². The maximum atomic E-state index is 13.0. The van der Waals surface area contributed by atoms with Gasteiger partial charge in [0.15, 0.2) is 15.4 Å². The first-order valence-corrected chi connectivity index (χ1v) is 10.2. The van der Waals surface area contributed by atoms with Crippen LogP contribution in [-0.4, -0.2) is 48.7 Å². The van der Waals surface area contributed by atoms with Crippen molar-refractivity contribution in [3.63, 3.8) is 0 Å². The van der Waals surface area contributed by atoms with Gasteiger partial charge < -0.3 is 14.6 Å². The van der Waals surface area contributed by atoms with E-state index >= 15 is 0 Å². The molecule has 1 amide bonds. The number of para-hydroxylation sites is 1. The van der Waals surface area contributed by atoms with Crippen LogP contribution in [0.4, 0.5) is 0 Å². The standard InChI is InChI=1S/C19H21NO7S/c1-13-4-2-3-5-16(13)27-14-6-8-15(9-7-14)28(24,25)17-10-11-26-12-19(17,22)18(21)20-23/h2-9,17,22-23H,10-12H2,1H3,(H,20,21)/t17-,19-/m1/s1. The molecule has 3 N–H and O–H groups in total. The summed E-state index contributed by atoms with van der Waals surface area (Å²) < 4.78 is 36.9. The average molecular weight is 407 g/mol. The number of hydroxylamine groups is 1. The van der Waals surface area contributed by atoms with Crippen molar-refractivity contribution in [3.05, 3.63) is 54.1 Å². The molecule has 1 fully saturated rings. The van der Waals surface area contributed by atoms with Crippen molar-refractivity contribution in [1.29, 1.82) is 0 Å². The minimum absolute atomic E-state index is 0.0688. The van der Waals surface area contributed by atoms with E-state index in [0.29, 0.717) is 11.5 Å². The van der Waals surface area contributed by atoms with Crippen LogP contribution in [0, 0.1) is 6.92 Å². The molecule has 28 heavy (non-hydrogen) atoms. The van der Waals surface area contributed by atoms with E-state index in [4.69, 9.17) is 14.7 Å². The molecule has 1 saturated heterocycles. The molecule has 150 valence electrons. The summed E-state index contributed by atoms with van der Waals surface area (Å²) >= 11 is 0. The minimum atomic E-state index is -4.08. The van der Waals surface area contributed by atoms with E-state index in [9.17, 15) is 18.3 Å². The molecule has 0 aromatic heterocycles. The predicted molar refractivity (Wildman–Crippen MR) is 99.0 cm³/mol. The van der Waals surface area contributed by atoms with E-state index in [1.165, 1.54) is 29.7 Å². The van der Waals surface area contributed by atoms with Gasteiger partial charge in [0, 0.05) is 6.61 Å². The number of aryl methyl sites for hydroxylation is 1. The van der Waals surface area contributed by atoms with E-state index in [1.54, 1.807) is 6.07 Å². The molecule has 0 bridgehead atoms. The molecule has 1 aliphatic rings. The van der Waals surface area contributed by atoms with Crippen LogP contribution in [0.15, 0.2) is 53.4 Å². The molecule has 0 saturated carbocycles. The highest BCUT2D eigenvalue weighted by Gasteiger charge is 2.53. The zero-order valence-corrected chi connectivity index (χ0v) is 16.0. The number of aliphatic hydroxyl groups is 1. The maximum Gasteiger partial charge on any atom is 0.279 e. The van der Waals surface area contributed by atoms with Crippen molar-refractivity contribution in [2.24, 2.45) is 0 Å². The molecular weight excluding hydrogens is 386 g/mol. The third kappa shape index (κ3) is 3.74. The van der Waals surface area contributed by atoms with Crippen LogP contribution in [0.5, 0.6) is 11.5 Å². The van der Waals surface area contributed by atoms with Crippen LogP contribution in [0.1, 0.15) is 12.0 Å². The predicted octanol–water partition coefficient (Wildman–Crippen LogP) is 1.59. The Kier molecular flexibility index (Phi) is 5.71. The number of carbonyl (C=O) groups is 1. The summed E-state index contributed by atoms with van der Waals surface area (Å²) in [6, 6.07) is 13.1. The summed E-state index contributed by atoms with van der Waals surface area (Å²) in [6.07, 6.45) is -0.0896. The zero-order chi connectivity index (χ0) is 20.4. The van der Waals surface area contributed by atoms with Crippen LogP contribution < -0.4 is 10.2 Å². The highest BCUT2D eigenvalue weighted by molar-refractivity contribution is 7.92. The number of hydrogen-bond acceptors (Lipinski definition) is 7. The summed E-state index contributed by atoms with van der Waals surface area (Å²) in [7, 11) is -4.08. The monoisotopic (exact) mass is 407 g/mol. The van der Waals surface area contributed by atoms with E-state index in [-0.39, 0.29) is 17.9 Å². The van der Waals surface area contributed by atoms with Gasteiger partial charge in [-0.15, -0.1) is 0 Å². The quantitative estimate of drug-likeness (QED) is 0.508. The van der Waals surface area contributed by atoms with Gasteiger partial charge >= 0.3 is 0 Å². The maximum absolute atomic E-state index is 13.0. The molecule has 2 aromatic rings. The number of carbonyl (C=O) groups excluding carboxylic acids is 1. The summed E-state index contributed by atoms with van der Waals surface area (Å²) in [5, 5.41) is 18.0. The smallest absolute Gasteiger partial charge is 0.279 e. The van der Waals surface area contributed by atoms with E-state index in [0.717, 1.165) is 5.56 Å². The van der Waals surface area contributed by atoms with Crippen LogP contribution in [0.3, 0.4) is 0 Å². The van der Waals surface area contributed by atoms with Gasteiger partial charge in [0.25, 0.3) is 5.91 Å². The average Bonchev–Trinajstić information content (AvgIpc) is 2.69. The third-order valence-corrected chi connectivity index (χ3v) is 7.03. The summed E-state index contributed by atoms with van der Waals surface area (Å²) in [6.45, 7) is 1.43. The molecule has 1 heterocycles. The Hall–Kier alpha value is -2.46. The van der Waals surface area contributed by atoms with Gasteiger partial charge in [0.1, 0.15) is 16.7 Å². The third-order valence-electron chi connectivity index (χ3n) is 4.72. The van der Waals surface area contributed by atoms with Gasteiger partial charge in [0.2, 0.25) is 0 Å². The van der Waals surface area contributed by atoms with Crippen molar-refractivity contribution in [3.8, 4) is 11.5 Å². The lowest BCUT2D eigenvalue weighted by atomic mass is 9.95. The van der Waals surface area contributed by atoms with Gasteiger partial charge in [-0.2, -0.15) is 0 Å². The molecule has 3 rings (SSSR count). The summed E-state index contributed by atoms with van der Waals surface area (Å²) in [5.41, 5.74) is -0.138. The molecule has 0 radical (unpaired) electrons. The van der Waals surface area contributed by atoms with Crippen LogP contribution in [0.25, 0.3) is 0 Å². The number of rotatable bonds is 5. The second-order valence-corrected chi connectivity index (χ2v) is 8.71. The topological polar surface area (TPSA) is 122 Å². The first kappa shape index (κ1) is 20.3. The molecule has 9 heteroatoms. The van der Waals surface area contributed by atoms with E-state index in [2.05, 4.69) is 0 Å². The van der Waals surface area contributed by atoms with E-state index in [1.807, 2.05) is 25.1 Å². The lowest BCUT2D eigenvalue weighted by molar-refractivity contribution is -0.161. The Balaban J connectivity index is 1.87. The molecular formula is C19H21NO7S. The molecule has 2 aromatic carbocycles. The van der Waals surface area contributed by atoms with Crippen molar-refractivity contribution in [2.45, 2.75) is 29.1 Å². The fourth-order valence-corrected chi connectivity index (χ4v) is 5.07. The van der Waals surface area contributed by atoms with Crippen molar-refractivity contribution in [2.75, 3.05) is 13.2 Å². The Morgan fingerprint density at radius 3 is 2.54 bits per heavy atom. The fraction of sp³-hybridized carbons (Fsp3) is 0.316. The second kappa shape index (κ2) is 7.88. The lowest BCUT2D eigenvalue weighted by Gasteiger charge is -2.36. The SMILES string of the molecule is Cc1ccccc1Oc1ccc(S(=O)(=O)[C@@H]2CCOC[C@]2(O)C(=O)NO)cc1. The molecule has 0 unspecified atom stereocenters. The Bertz CT molecular complexity index is 959. The number of nitrogens with one attached hydrogen (secondary N) is 1. The van der Waals surface area contributed by atoms with E-state index < -0.39 is 33.2 Å². The minimum Gasteiger partial charge on any atom is -0.457 e. The van der Waals surface area contributed by atoms with Crippen molar-refractivity contribution in [1.82, 2.24) is 5.48 Å². The number of amides is 1. The van der Waals surface area contributed by atoms with Gasteiger partial charge in [0.05, 0.1) is 11.5 Å². The molecule has 0 aliphatic carbocycles. The second-order valence-electron chi connectivity index (χ2n) is 6.58. The van der Waals surface area contributed by atoms with Gasteiger partial charge in [-0.3, -0.25) is 10.0 Å². The fourth-order valence-electron chi connectivity index (χ4n) is 3.13. The Morgan fingerprint density at radius 2 is 1.89 bits per heavy atom. The highest BCUT2D eigenvalue weighted by Crippen LogP contribution is 2.32. The lowest BCUT2D eigenvalue weighted by Crippen LogP contribution is -2.62. The van der Waals surface area contributed by atoms with Crippen LogP contribution in [-0.2, 0) is 19.4 Å². The number of sulfone groups is 1. The molecule has 0 spiro atoms. The molecule has 8 nitrogen and oxygen atoms in total. The molecule has 1 aliphatic heterocycles. The largest absolute Gasteiger partial charge is 0.457 e. The van der Waals surface area contributed by atoms with Crippen LogP contribution >= 0.6 is 0 Å². The first-order chi connectivity index (χ1) is 13.3. The number of hydrogen-bond donors (Lipinski definition) is 3.